The summed E-state index contributed by atoms with van der Waals surface area (Å²) in [6, 6.07) is 15.2. The van der Waals surface area contributed by atoms with E-state index in [2.05, 4.69) is 0 Å². The van der Waals surface area contributed by atoms with Crippen molar-refractivity contribution in [3.8, 4) is 5.75 Å². The number of halogens is 1. The summed E-state index contributed by atoms with van der Waals surface area (Å²) in [5.74, 6) is 0.667. The van der Waals surface area contributed by atoms with Crippen LogP contribution < -0.4 is 4.74 Å². The lowest BCUT2D eigenvalue weighted by Gasteiger charge is -2.21. The van der Waals surface area contributed by atoms with Gasteiger partial charge in [-0.3, -0.25) is 0 Å². The lowest BCUT2D eigenvalue weighted by Crippen LogP contribution is -2.08. The SMILES string of the molecule is COc1ccc(C(O)C(C)c2ccccc2)c(Cl)c1. The summed E-state index contributed by atoms with van der Waals surface area (Å²) in [6.07, 6.45) is -0.638. The Bertz CT molecular complexity index is 540. The van der Waals surface area contributed by atoms with Gasteiger partial charge in [0.1, 0.15) is 5.75 Å². The quantitative estimate of drug-likeness (QED) is 0.907. The maximum atomic E-state index is 10.5. The van der Waals surface area contributed by atoms with Crippen molar-refractivity contribution in [1.29, 1.82) is 0 Å². The molecule has 0 radical (unpaired) electrons. The fourth-order valence-electron chi connectivity index (χ4n) is 2.08. The summed E-state index contributed by atoms with van der Waals surface area (Å²) in [6.45, 7) is 1.99. The van der Waals surface area contributed by atoms with E-state index in [0.29, 0.717) is 10.8 Å². The Morgan fingerprint density at radius 3 is 2.37 bits per heavy atom. The Morgan fingerprint density at radius 1 is 1.11 bits per heavy atom. The van der Waals surface area contributed by atoms with Crippen LogP contribution in [0.4, 0.5) is 0 Å². The predicted molar refractivity (Wildman–Crippen MR) is 77.8 cm³/mol. The zero-order chi connectivity index (χ0) is 13.8. The van der Waals surface area contributed by atoms with Gasteiger partial charge in [-0.2, -0.15) is 0 Å². The number of aliphatic hydroxyl groups is 1. The second-order valence-electron chi connectivity index (χ2n) is 4.53. The standard InChI is InChI=1S/C16H17ClO2/c1-11(12-6-4-3-5-7-12)16(18)14-9-8-13(19-2)10-15(14)17/h3-11,16,18H,1-2H3. The van der Waals surface area contributed by atoms with E-state index in [0.717, 1.165) is 11.1 Å². The van der Waals surface area contributed by atoms with Crippen molar-refractivity contribution in [2.75, 3.05) is 7.11 Å². The monoisotopic (exact) mass is 276 g/mol. The zero-order valence-corrected chi connectivity index (χ0v) is 11.8. The highest BCUT2D eigenvalue weighted by atomic mass is 35.5. The molecule has 0 bridgehead atoms. The third-order valence-electron chi connectivity index (χ3n) is 3.33. The van der Waals surface area contributed by atoms with E-state index in [1.165, 1.54) is 0 Å². The average Bonchev–Trinajstić information content (AvgIpc) is 2.46. The molecule has 2 atom stereocenters. The van der Waals surface area contributed by atoms with Crippen LogP contribution in [0.2, 0.25) is 5.02 Å². The van der Waals surface area contributed by atoms with Gasteiger partial charge < -0.3 is 9.84 Å². The molecular formula is C16H17ClO2. The molecular weight excluding hydrogens is 260 g/mol. The van der Waals surface area contributed by atoms with Gasteiger partial charge in [0.25, 0.3) is 0 Å². The number of rotatable bonds is 4. The first-order chi connectivity index (χ1) is 9.13. The number of hydrogen-bond acceptors (Lipinski definition) is 2. The molecule has 19 heavy (non-hydrogen) atoms. The number of benzene rings is 2. The van der Waals surface area contributed by atoms with E-state index < -0.39 is 6.10 Å². The largest absolute Gasteiger partial charge is 0.497 e. The molecule has 0 aliphatic heterocycles. The highest BCUT2D eigenvalue weighted by molar-refractivity contribution is 6.31. The highest BCUT2D eigenvalue weighted by Crippen LogP contribution is 2.35. The molecule has 0 saturated heterocycles. The van der Waals surface area contributed by atoms with Crippen molar-refractivity contribution in [3.63, 3.8) is 0 Å². The van der Waals surface area contributed by atoms with Crippen LogP contribution in [0.3, 0.4) is 0 Å². The molecule has 0 aliphatic rings. The van der Waals surface area contributed by atoms with Crippen LogP contribution in [0.25, 0.3) is 0 Å². The highest BCUT2D eigenvalue weighted by Gasteiger charge is 2.20. The van der Waals surface area contributed by atoms with Crippen molar-refractivity contribution in [2.45, 2.75) is 18.9 Å². The first-order valence-electron chi connectivity index (χ1n) is 6.20. The molecule has 2 rings (SSSR count). The topological polar surface area (TPSA) is 29.5 Å². The Balaban J connectivity index is 2.26. The Hall–Kier alpha value is -1.51. The van der Waals surface area contributed by atoms with Gasteiger partial charge in [-0.05, 0) is 23.3 Å². The summed E-state index contributed by atoms with van der Waals surface area (Å²) in [4.78, 5) is 0. The molecule has 2 unspecified atom stereocenters. The van der Waals surface area contributed by atoms with E-state index in [1.54, 1.807) is 13.2 Å². The number of hydrogen-bond donors (Lipinski definition) is 1. The van der Waals surface area contributed by atoms with Crippen LogP contribution >= 0.6 is 11.6 Å². The number of aliphatic hydroxyl groups excluding tert-OH is 1. The van der Waals surface area contributed by atoms with E-state index >= 15 is 0 Å². The maximum absolute atomic E-state index is 10.5. The number of ether oxygens (including phenoxy) is 1. The van der Waals surface area contributed by atoms with E-state index in [-0.39, 0.29) is 5.92 Å². The average molecular weight is 277 g/mol. The van der Waals surface area contributed by atoms with Gasteiger partial charge in [-0.25, -0.2) is 0 Å². The smallest absolute Gasteiger partial charge is 0.120 e. The molecule has 0 amide bonds. The maximum Gasteiger partial charge on any atom is 0.120 e. The first-order valence-corrected chi connectivity index (χ1v) is 6.57. The Morgan fingerprint density at radius 2 is 1.79 bits per heavy atom. The van der Waals surface area contributed by atoms with Crippen LogP contribution in [0.1, 0.15) is 30.1 Å². The second kappa shape index (κ2) is 6.09. The minimum absolute atomic E-state index is 0.0212. The van der Waals surface area contributed by atoms with E-state index in [4.69, 9.17) is 16.3 Å². The van der Waals surface area contributed by atoms with Gasteiger partial charge in [0.2, 0.25) is 0 Å². The molecule has 3 heteroatoms. The fourth-order valence-corrected chi connectivity index (χ4v) is 2.37. The normalized spacial score (nSPS) is 13.9. The molecule has 0 aliphatic carbocycles. The van der Waals surface area contributed by atoms with Crippen LogP contribution in [-0.2, 0) is 0 Å². The van der Waals surface area contributed by atoms with Gasteiger partial charge in [-0.1, -0.05) is 54.9 Å². The fraction of sp³-hybridized carbons (Fsp3) is 0.250. The molecule has 0 spiro atoms. The molecule has 2 nitrogen and oxygen atoms in total. The van der Waals surface area contributed by atoms with Gasteiger partial charge in [0.05, 0.1) is 18.2 Å². The molecule has 1 N–H and O–H groups in total. The molecule has 0 aromatic heterocycles. The van der Waals surface area contributed by atoms with Gasteiger partial charge in [0, 0.05) is 5.92 Å². The summed E-state index contributed by atoms with van der Waals surface area (Å²) >= 11 is 6.19. The van der Waals surface area contributed by atoms with Gasteiger partial charge >= 0.3 is 0 Å². The zero-order valence-electron chi connectivity index (χ0n) is 11.0. The minimum Gasteiger partial charge on any atom is -0.497 e. The summed E-state index contributed by atoms with van der Waals surface area (Å²) in [7, 11) is 1.59. The van der Waals surface area contributed by atoms with Crippen LogP contribution in [0.5, 0.6) is 5.75 Å². The van der Waals surface area contributed by atoms with Crippen LogP contribution in [0, 0.1) is 0 Å². The lowest BCUT2D eigenvalue weighted by atomic mass is 9.91. The van der Waals surface area contributed by atoms with Crippen LogP contribution in [0.15, 0.2) is 48.5 Å². The second-order valence-corrected chi connectivity index (χ2v) is 4.94. The van der Waals surface area contributed by atoms with Crippen molar-refractivity contribution in [3.05, 3.63) is 64.7 Å². The predicted octanol–water partition coefficient (Wildman–Crippen LogP) is 4.19. The summed E-state index contributed by atoms with van der Waals surface area (Å²) < 4.78 is 5.11. The third-order valence-corrected chi connectivity index (χ3v) is 3.65. The minimum atomic E-state index is -0.638. The van der Waals surface area contributed by atoms with Crippen LogP contribution in [-0.4, -0.2) is 12.2 Å². The molecule has 2 aromatic rings. The summed E-state index contributed by atoms with van der Waals surface area (Å²) in [5.41, 5.74) is 1.81. The van der Waals surface area contributed by atoms with Gasteiger partial charge in [-0.15, -0.1) is 0 Å². The molecule has 2 aromatic carbocycles. The summed E-state index contributed by atoms with van der Waals surface area (Å²) in [5, 5.41) is 11.0. The first kappa shape index (κ1) is 13.9. The van der Waals surface area contributed by atoms with Crippen molar-refractivity contribution < 1.29 is 9.84 Å². The molecule has 0 heterocycles. The molecule has 0 saturated carbocycles. The van der Waals surface area contributed by atoms with Crippen molar-refractivity contribution in [2.24, 2.45) is 0 Å². The van der Waals surface area contributed by atoms with E-state index in [9.17, 15) is 5.11 Å². The number of methoxy groups -OCH3 is 1. The third kappa shape index (κ3) is 3.09. The van der Waals surface area contributed by atoms with Crippen molar-refractivity contribution in [1.82, 2.24) is 0 Å². The van der Waals surface area contributed by atoms with E-state index in [1.807, 2.05) is 49.4 Å². The molecule has 0 fully saturated rings. The van der Waals surface area contributed by atoms with Crippen molar-refractivity contribution >= 4 is 11.6 Å². The van der Waals surface area contributed by atoms with Gasteiger partial charge in [0.15, 0.2) is 0 Å². The lowest BCUT2D eigenvalue weighted by molar-refractivity contribution is 0.151. The Labute approximate surface area is 118 Å². The Kier molecular flexibility index (Phi) is 4.46. The molecule has 100 valence electrons.